The lowest BCUT2D eigenvalue weighted by Gasteiger charge is -2.30. The van der Waals surface area contributed by atoms with Gasteiger partial charge in [0, 0.05) is 6.04 Å². The molecule has 1 aliphatic rings. The van der Waals surface area contributed by atoms with Crippen molar-refractivity contribution >= 4 is 0 Å². The molecule has 0 radical (unpaired) electrons. The van der Waals surface area contributed by atoms with Crippen molar-refractivity contribution in [2.75, 3.05) is 0 Å². The maximum Gasteiger partial charge on any atom is 0.00443 e. The van der Waals surface area contributed by atoms with Crippen LogP contribution in [0.1, 0.15) is 46.5 Å². The predicted molar refractivity (Wildman–Crippen MR) is 49.4 cm³/mol. The number of rotatable bonds is 2. The van der Waals surface area contributed by atoms with Crippen molar-refractivity contribution in [2.24, 2.45) is 17.1 Å². The Hall–Kier alpha value is -0.0400. The summed E-state index contributed by atoms with van der Waals surface area (Å²) < 4.78 is 0. The van der Waals surface area contributed by atoms with Crippen LogP contribution in [0.2, 0.25) is 0 Å². The van der Waals surface area contributed by atoms with Gasteiger partial charge in [0.2, 0.25) is 0 Å². The molecule has 1 saturated carbocycles. The standard InChI is InChI=1S/C10H21N/c1-4-8(2)10(3)6-5-9(11)7-10/h8-9H,4-7,11H2,1-3H3. The van der Waals surface area contributed by atoms with E-state index in [0.29, 0.717) is 11.5 Å². The van der Waals surface area contributed by atoms with Crippen LogP contribution in [-0.4, -0.2) is 6.04 Å². The topological polar surface area (TPSA) is 26.0 Å². The van der Waals surface area contributed by atoms with Crippen molar-refractivity contribution < 1.29 is 0 Å². The van der Waals surface area contributed by atoms with Crippen LogP contribution in [-0.2, 0) is 0 Å². The van der Waals surface area contributed by atoms with Crippen LogP contribution in [0.25, 0.3) is 0 Å². The summed E-state index contributed by atoms with van der Waals surface area (Å²) >= 11 is 0. The van der Waals surface area contributed by atoms with Crippen molar-refractivity contribution in [2.45, 2.75) is 52.5 Å². The van der Waals surface area contributed by atoms with E-state index in [9.17, 15) is 0 Å². The van der Waals surface area contributed by atoms with Crippen LogP contribution < -0.4 is 5.73 Å². The molecule has 1 aliphatic carbocycles. The summed E-state index contributed by atoms with van der Waals surface area (Å²) in [5, 5.41) is 0. The first-order chi connectivity index (χ1) is 5.08. The van der Waals surface area contributed by atoms with E-state index in [1.165, 1.54) is 25.7 Å². The predicted octanol–water partition coefficient (Wildman–Crippen LogP) is 2.55. The molecule has 0 bridgehead atoms. The zero-order chi connectivity index (χ0) is 8.48. The second kappa shape index (κ2) is 3.14. The SMILES string of the molecule is CCC(C)C1(C)CCC(N)C1. The number of hydrogen-bond acceptors (Lipinski definition) is 1. The molecule has 2 N–H and O–H groups in total. The van der Waals surface area contributed by atoms with Gasteiger partial charge in [-0.3, -0.25) is 0 Å². The van der Waals surface area contributed by atoms with Crippen molar-refractivity contribution in [3.05, 3.63) is 0 Å². The second-order valence-corrected chi connectivity index (χ2v) is 4.47. The minimum Gasteiger partial charge on any atom is -0.328 e. The van der Waals surface area contributed by atoms with Crippen LogP contribution in [0.15, 0.2) is 0 Å². The summed E-state index contributed by atoms with van der Waals surface area (Å²) in [6.07, 6.45) is 5.11. The molecule has 1 nitrogen and oxygen atoms in total. The Kier molecular flexibility index (Phi) is 2.58. The first-order valence-corrected chi connectivity index (χ1v) is 4.84. The van der Waals surface area contributed by atoms with Gasteiger partial charge in [-0.25, -0.2) is 0 Å². The minimum atomic E-state index is 0.481. The Morgan fingerprint density at radius 1 is 1.64 bits per heavy atom. The van der Waals surface area contributed by atoms with E-state index in [0.717, 1.165) is 5.92 Å². The number of hydrogen-bond donors (Lipinski definition) is 1. The fraction of sp³-hybridized carbons (Fsp3) is 1.00. The lowest BCUT2D eigenvalue weighted by atomic mass is 9.75. The second-order valence-electron chi connectivity index (χ2n) is 4.47. The monoisotopic (exact) mass is 155 g/mol. The van der Waals surface area contributed by atoms with Crippen LogP contribution in [0.3, 0.4) is 0 Å². The average Bonchev–Trinajstić information content (AvgIpc) is 2.31. The summed E-state index contributed by atoms with van der Waals surface area (Å²) in [7, 11) is 0. The maximum absolute atomic E-state index is 5.90. The van der Waals surface area contributed by atoms with Gasteiger partial charge in [-0.2, -0.15) is 0 Å². The van der Waals surface area contributed by atoms with Gasteiger partial charge in [0.15, 0.2) is 0 Å². The molecule has 0 amide bonds. The zero-order valence-electron chi connectivity index (χ0n) is 8.06. The molecule has 1 rings (SSSR count). The van der Waals surface area contributed by atoms with Crippen molar-refractivity contribution in [1.29, 1.82) is 0 Å². The molecule has 3 unspecified atom stereocenters. The molecule has 3 atom stereocenters. The van der Waals surface area contributed by atoms with Gasteiger partial charge in [-0.15, -0.1) is 0 Å². The van der Waals surface area contributed by atoms with E-state index in [-0.39, 0.29) is 0 Å². The molecule has 0 spiro atoms. The van der Waals surface area contributed by atoms with Gasteiger partial charge in [0.05, 0.1) is 0 Å². The highest BCUT2D eigenvalue weighted by Gasteiger charge is 2.36. The molecule has 1 heteroatoms. The van der Waals surface area contributed by atoms with E-state index in [1.807, 2.05) is 0 Å². The van der Waals surface area contributed by atoms with Gasteiger partial charge in [0.25, 0.3) is 0 Å². The Balaban J connectivity index is 2.54. The van der Waals surface area contributed by atoms with Gasteiger partial charge in [0.1, 0.15) is 0 Å². The van der Waals surface area contributed by atoms with E-state index in [4.69, 9.17) is 5.73 Å². The highest BCUT2D eigenvalue weighted by molar-refractivity contribution is 4.90. The fourth-order valence-electron chi connectivity index (χ4n) is 2.26. The fourth-order valence-corrected chi connectivity index (χ4v) is 2.26. The van der Waals surface area contributed by atoms with E-state index in [1.54, 1.807) is 0 Å². The van der Waals surface area contributed by atoms with Gasteiger partial charge in [-0.1, -0.05) is 27.2 Å². The Morgan fingerprint density at radius 2 is 2.27 bits per heavy atom. The highest BCUT2D eigenvalue weighted by atomic mass is 14.7. The zero-order valence-corrected chi connectivity index (χ0v) is 8.06. The molecule has 0 aliphatic heterocycles. The summed E-state index contributed by atoms with van der Waals surface area (Å²) in [6.45, 7) is 7.03. The lowest BCUT2D eigenvalue weighted by molar-refractivity contribution is 0.201. The maximum atomic E-state index is 5.90. The van der Waals surface area contributed by atoms with E-state index < -0.39 is 0 Å². The van der Waals surface area contributed by atoms with Gasteiger partial charge >= 0.3 is 0 Å². The Labute approximate surface area is 70.4 Å². The summed E-state index contributed by atoms with van der Waals surface area (Å²) in [6, 6.07) is 0.481. The first kappa shape index (κ1) is 9.05. The van der Waals surface area contributed by atoms with Crippen molar-refractivity contribution in [3.63, 3.8) is 0 Å². The smallest absolute Gasteiger partial charge is 0.00443 e. The molecule has 1 fully saturated rings. The average molecular weight is 155 g/mol. The summed E-state index contributed by atoms with van der Waals surface area (Å²) in [5.41, 5.74) is 6.45. The largest absolute Gasteiger partial charge is 0.328 e. The van der Waals surface area contributed by atoms with Crippen molar-refractivity contribution in [1.82, 2.24) is 0 Å². The minimum absolute atomic E-state index is 0.481. The molecule has 11 heavy (non-hydrogen) atoms. The molecule has 0 saturated heterocycles. The Morgan fingerprint density at radius 3 is 2.64 bits per heavy atom. The third kappa shape index (κ3) is 1.76. The van der Waals surface area contributed by atoms with Crippen molar-refractivity contribution in [3.8, 4) is 0 Å². The lowest BCUT2D eigenvalue weighted by Crippen LogP contribution is -2.24. The molecule has 0 aromatic carbocycles. The van der Waals surface area contributed by atoms with Crippen LogP contribution in [0.4, 0.5) is 0 Å². The number of nitrogens with two attached hydrogens (primary N) is 1. The van der Waals surface area contributed by atoms with E-state index in [2.05, 4.69) is 20.8 Å². The van der Waals surface area contributed by atoms with Gasteiger partial charge < -0.3 is 5.73 Å². The molecule has 0 heterocycles. The quantitative estimate of drug-likeness (QED) is 0.651. The summed E-state index contributed by atoms with van der Waals surface area (Å²) in [4.78, 5) is 0. The molecule has 0 aromatic rings. The Bertz CT molecular complexity index is 133. The molecule has 66 valence electrons. The molecule has 0 aromatic heterocycles. The van der Waals surface area contributed by atoms with Crippen LogP contribution in [0, 0.1) is 11.3 Å². The van der Waals surface area contributed by atoms with Gasteiger partial charge in [-0.05, 0) is 30.6 Å². The normalized spacial score (nSPS) is 40.9. The third-order valence-corrected chi connectivity index (χ3v) is 3.62. The molecular formula is C10H21N. The first-order valence-electron chi connectivity index (χ1n) is 4.84. The third-order valence-electron chi connectivity index (χ3n) is 3.62. The van der Waals surface area contributed by atoms with Crippen LogP contribution in [0.5, 0.6) is 0 Å². The highest BCUT2D eigenvalue weighted by Crippen LogP contribution is 2.44. The molecular weight excluding hydrogens is 134 g/mol. The van der Waals surface area contributed by atoms with Crippen LogP contribution >= 0.6 is 0 Å². The summed E-state index contributed by atoms with van der Waals surface area (Å²) in [5.74, 6) is 0.844. The van der Waals surface area contributed by atoms with E-state index >= 15 is 0 Å².